The molecule has 4 aromatic rings. The van der Waals surface area contributed by atoms with E-state index in [1.54, 1.807) is 43.3 Å². The van der Waals surface area contributed by atoms with Gasteiger partial charge in [-0.2, -0.15) is 4.80 Å². The van der Waals surface area contributed by atoms with Crippen LogP contribution in [0.3, 0.4) is 0 Å². The Morgan fingerprint density at radius 1 is 1.06 bits per heavy atom. The van der Waals surface area contributed by atoms with Gasteiger partial charge >= 0.3 is 0 Å². The van der Waals surface area contributed by atoms with Gasteiger partial charge in [0.05, 0.1) is 10.7 Å². The first-order chi connectivity index (χ1) is 14.8. The summed E-state index contributed by atoms with van der Waals surface area (Å²) in [4.78, 5) is 14.1. The van der Waals surface area contributed by atoms with Crippen molar-refractivity contribution in [3.8, 4) is 11.4 Å². The van der Waals surface area contributed by atoms with E-state index in [1.807, 2.05) is 13.0 Å². The predicted octanol–water partition coefficient (Wildman–Crippen LogP) is 5.58. The Hall–Kier alpha value is -3.16. The average molecular weight is 459 g/mol. The molecule has 0 saturated carbocycles. The van der Waals surface area contributed by atoms with Gasteiger partial charge in [0, 0.05) is 10.7 Å². The average Bonchev–Trinajstić information content (AvgIpc) is 3.13. The second-order valence-electron chi connectivity index (χ2n) is 6.95. The van der Waals surface area contributed by atoms with Crippen molar-refractivity contribution >= 4 is 45.8 Å². The molecule has 0 spiro atoms. The number of hydrogen-bond donors (Lipinski definition) is 1. The van der Waals surface area contributed by atoms with Crippen molar-refractivity contribution in [2.45, 2.75) is 20.0 Å². The first-order valence-electron chi connectivity index (χ1n) is 9.36. The molecule has 1 heterocycles. The molecular formula is C22H17Cl2FN4O2. The number of amides is 1. The summed E-state index contributed by atoms with van der Waals surface area (Å²) in [6.07, 6.45) is -0.802. The highest BCUT2D eigenvalue weighted by atomic mass is 35.5. The van der Waals surface area contributed by atoms with Crippen LogP contribution in [0.15, 0.2) is 54.6 Å². The van der Waals surface area contributed by atoms with E-state index in [9.17, 15) is 9.18 Å². The molecule has 4 rings (SSSR count). The number of hydrogen-bond acceptors (Lipinski definition) is 4. The molecular weight excluding hydrogens is 442 g/mol. The number of benzene rings is 3. The molecule has 31 heavy (non-hydrogen) atoms. The van der Waals surface area contributed by atoms with Crippen LogP contribution in [-0.4, -0.2) is 27.0 Å². The van der Waals surface area contributed by atoms with Crippen LogP contribution in [0.5, 0.6) is 5.75 Å². The van der Waals surface area contributed by atoms with Crippen molar-refractivity contribution in [2.75, 3.05) is 5.32 Å². The number of carbonyl (C=O) groups excluding carboxylic acids is 1. The lowest BCUT2D eigenvalue weighted by Crippen LogP contribution is -2.30. The minimum absolute atomic E-state index is 0.321. The third-order valence-electron chi connectivity index (χ3n) is 4.61. The molecule has 0 aliphatic carbocycles. The minimum atomic E-state index is -0.802. The van der Waals surface area contributed by atoms with E-state index in [4.69, 9.17) is 27.9 Å². The van der Waals surface area contributed by atoms with Crippen LogP contribution >= 0.6 is 23.2 Å². The molecule has 0 saturated heterocycles. The minimum Gasteiger partial charge on any atom is -0.479 e. The van der Waals surface area contributed by atoms with E-state index < -0.39 is 6.10 Å². The van der Waals surface area contributed by atoms with Gasteiger partial charge in [0.15, 0.2) is 6.10 Å². The van der Waals surface area contributed by atoms with Crippen molar-refractivity contribution < 1.29 is 13.9 Å². The van der Waals surface area contributed by atoms with E-state index in [0.717, 1.165) is 5.56 Å². The molecule has 1 aromatic heterocycles. The van der Waals surface area contributed by atoms with Crippen LogP contribution in [0.4, 0.5) is 10.1 Å². The van der Waals surface area contributed by atoms with Gasteiger partial charge in [-0.3, -0.25) is 4.79 Å². The van der Waals surface area contributed by atoms with Crippen molar-refractivity contribution in [2.24, 2.45) is 0 Å². The lowest BCUT2D eigenvalue weighted by molar-refractivity contribution is -0.122. The summed E-state index contributed by atoms with van der Waals surface area (Å²) >= 11 is 12.0. The van der Waals surface area contributed by atoms with E-state index in [-0.39, 0.29) is 11.7 Å². The fourth-order valence-electron chi connectivity index (χ4n) is 2.94. The zero-order valence-corrected chi connectivity index (χ0v) is 18.1. The third-order valence-corrected chi connectivity index (χ3v) is 5.14. The van der Waals surface area contributed by atoms with Gasteiger partial charge in [0.2, 0.25) is 0 Å². The molecule has 0 radical (unpaired) electrons. The van der Waals surface area contributed by atoms with Crippen LogP contribution in [0, 0.1) is 12.7 Å². The highest BCUT2D eigenvalue weighted by Crippen LogP contribution is 2.29. The van der Waals surface area contributed by atoms with Crippen molar-refractivity contribution in [3.05, 3.63) is 76.0 Å². The van der Waals surface area contributed by atoms with Crippen LogP contribution < -0.4 is 10.1 Å². The molecule has 6 nitrogen and oxygen atoms in total. The van der Waals surface area contributed by atoms with Gasteiger partial charge in [-0.1, -0.05) is 23.2 Å². The molecule has 0 aliphatic heterocycles. The molecule has 0 unspecified atom stereocenters. The molecule has 0 fully saturated rings. The maximum absolute atomic E-state index is 13.2. The topological polar surface area (TPSA) is 69.0 Å². The summed E-state index contributed by atoms with van der Waals surface area (Å²) in [5.41, 5.74) is 3.25. The SMILES string of the molecule is Cc1cc2nn(-c3ccc(F)cc3)nc2cc1NC(=O)[C@@H](C)Oc1ccc(Cl)cc1Cl. The van der Waals surface area contributed by atoms with E-state index >= 15 is 0 Å². The summed E-state index contributed by atoms with van der Waals surface area (Å²) in [6, 6.07) is 14.2. The van der Waals surface area contributed by atoms with Crippen LogP contribution in [-0.2, 0) is 4.79 Å². The Balaban J connectivity index is 1.53. The first-order valence-corrected chi connectivity index (χ1v) is 10.1. The third kappa shape index (κ3) is 4.62. The van der Waals surface area contributed by atoms with E-state index in [2.05, 4.69) is 15.5 Å². The highest BCUT2D eigenvalue weighted by molar-refractivity contribution is 6.35. The smallest absolute Gasteiger partial charge is 0.265 e. The summed E-state index contributed by atoms with van der Waals surface area (Å²) in [5, 5.41) is 12.5. The molecule has 0 bridgehead atoms. The lowest BCUT2D eigenvalue weighted by atomic mass is 10.1. The Labute approximate surface area is 187 Å². The van der Waals surface area contributed by atoms with Gasteiger partial charge in [-0.05, 0) is 74.0 Å². The first kappa shape index (κ1) is 21.1. The van der Waals surface area contributed by atoms with E-state index in [0.29, 0.717) is 38.2 Å². The van der Waals surface area contributed by atoms with E-state index in [1.165, 1.54) is 16.9 Å². The summed E-state index contributed by atoms with van der Waals surface area (Å²) in [6.45, 7) is 3.48. The Kier molecular flexibility index (Phi) is 5.80. The maximum atomic E-state index is 13.2. The van der Waals surface area contributed by atoms with Crippen LogP contribution in [0.25, 0.3) is 16.7 Å². The highest BCUT2D eigenvalue weighted by Gasteiger charge is 2.18. The van der Waals surface area contributed by atoms with Gasteiger partial charge in [0.25, 0.3) is 5.91 Å². The Morgan fingerprint density at radius 2 is 1.74 bits per heavy atom. The fraction of sp³-hybridized carbons (Fsp3) is 0.136. The number of aryl methyl sites for hydroxylation is 1. The summed E-state index contributed by atoms with van der Waals surface area (Å²) < 4.78 is 18.8. The fourth-order valence-corrected chi connectivity index (χ4v) is 3.39. The second-order valence-corrected chi connectivity index (χ2v) is 7.79. The lowest BCUT2D eigenvalue weighted by Gasteiger charge is -2.16. The van der Waals surface area contributed by atoms with Crippen molar-refractivity contribution in [1.82, 2.24) is 15.0 Å². The Bertz CT molecular complexity index is 1270. The monoisotopic (exact) mass is 458 g/mol. The number of carbonyl (C=O) groups is 1. The zero-order valence-electron chi connectivity index (χ0n) is 16.6. The van der Waals surface area contributed by atoms with Gasteiger partial charge < -0.3 is 10.1 Å². The van der Waals surface area contributed by atoms with Gasteiger partial charge in [-0.25, -0.2) is 4.39 Å². The Morgan fingerprint density at radius 3 is 2.42 bits per heavy atom. The second kappa shape index (κ2) is 8.53. The van der Waals surface area contributed by atoms with Crippen molar-refractivity contribution in [1.29, 1.82) is 0 Å². The molecule has 1 N–H and O–H groups in total. The number of fused-ring (bicyclic) bond motifs is 1. The zero-order chi connectivity index (χ0) is 22.1. The standard InChI is InChI=1S/C22H17Cl2FN4O2/c1-12-9-19-20(28-29(27-19)16-6-4-15(25)5-7-16)11-18(12)26-22(30)13(2)31-21-8-3-14(23)10-17(21)24/h3-11,13H,1-2H3,(H,26,30)/t13-/m1/s1. The number of nitrogens with one attached hydrogen (secondary N) is 1. The molecule has 0 aliphatic rings. The van der Waals surface area contributed by atoms with Gasteiger partial charge in [0.1, 0.15) is 22.6 Å². The number of anilines is 1. The number of rotatable bonds is 5. The summed E-state index contributed by atoms with van der Waals surface area (Å²) in [7, 11) is 0. The maximum Gasteiger partial charge on any atom is 0.265 e. The molecule has 1 atom stereocenters. The molecule has 1 amide bonds. The number of nitrogens with zero attached hydrogens (tertiary/aromatic N) is 3. The molecule has 158 valence electrons. The quantitative estimate of drug-likeness (QED) is 0.423. The van der Waals surface area contributed by atoms with Gasteiger partial charge in [-0.15, -0.1) is 10.2 Å². The molecule has 3 aromatic carbocycles. The number of halogens is 3. The summed E-state index contributed by atoms with van der Waals surface area (Å²) in [5.74, 6) is -0.319. The van der Waals surface area contributed by atoms with Crippen LogP contribution in [0.2, 0.25) is 10.0 Å². The normalized spacial score (nSPS) is 12.0. The predicted molar refractivity (Wildman–Crippen MR) is 119 cm³/mol. The van der Waals surface area contributed by atoms with Crippen LogP contribution in [0.1, 0.15) is 12.5 Å². The van der Waals surface area contributed by atoms with Crippen molar-refractivity contribution in [3.63, 3.8) is 0 Å². The number of ether oxygens (including phenoxy) is 1. The largest absolute Gasteiger partial charge is 0.479 e. The number of aromatic nitrogens is 3. The molecule has 9 heteroatoms.